The van der Waals surface area contributed by atoms with Gasteiger partial charge < -0.3 is 10.1 Å². The van der Waals surface area contributed by atoms with Crippen molar-refractivity contribution < 1.29 is 9.66 Å². The summed E-state index contributed by atoms with van der Waals surface area (Å²) in [5.41, 5.74) is 1.86. The molecule has 3 rings (SSSR count). The minimum atomic E-state index is -0.391. The first-order valence-corrected chi connectivity index (χ1v) is 8.14. The molecular weight excluding hydrogens is 306 g/mol. The molecule has 0 aliphatic carbocycles. The number of nitrogens with zero attached hydrogens (tertiary/aromatic N) is 2. The van der Waals surface area contributed by atoms with Crippen molar-refractivity contribution in [2.75, 3.05) is 0 Å². The maximum Gasteiger partial charge on any atom is 0.293 e. The van der Waals surface area contributed by atoms with Gasteiger partial charge in [0.25, 0.3) is 5.69 Å². The predicted molar refractivity (Wildman–Crippen MR) is 90.5 cm³/mol. The Bertz CT molecular complexity index is 693. The van der Waals surface area contributed by atoms with Gasteiger partial charge in [0.15, 0.2) is 0 Å². The third-order valence-corrected chi connectivity index (χ3v) is 4.33. The van der Waals surface area contributed by atoms with Crippen LogP contribution in [0.2, 0.25) is 0 Å². The summed E-state index contributed by atoms with van der Waals surface area (Å²) in [5, 5.41) is 14.8. The number of hydrogen-bond acceptors (Lipinski definition) is 5. The highest BCUT2D eigenvalue weighted by atomic mass is 16.6. The summed E-state index contributed by atoms with van der Waals surface area (Å²) in [6.07, 6.45) is 4.24. The Kier molecular flexibility index (Phi) is 5.17. The molecule has 24 heavy (non-hydrogen) atoms. The van der Waals surface area contributed by atoms with Gasteiger partial charge in [0, 0.05) is 18.8 Å². The van der Waals surface area contributed by atoms with E-state index in [1.807, 2.05) is 25.1 Å². The quantitative estimate of drug-likeness (QED) is 0.673. The number of pyridine rings is 1. The lowest BCUT2D eigenvalue weighted by atomic mass is 9.94. The second-order valence-electron chi connectivity index (χ2n) is 6.16. The van der Waals surface area contributed by atoms with Crippen LogP contribution in [0, 0.1) is 10.1 Å². The van der Waals surface area contributed by atoms with Gasteiger partial charge in [0.1, 0.15) is 6.20 Å². The predicted octanol–water partition coefficient (Wildman–Crippen LogP) is 3.39. The van der Waals surface area contributed by atoms with E-state index >= 15 is 0 Å². The zero-order valence-corrected chi connectivity index (χ0v) is 13.6. The lowest BCUT2D eigenvalue weighted by Crippen LogP contribution is -2.39. The number of benzene rings is 1. The highest BCUT2D eigenvalue weighted by Gasteiger charge is 2.32. The van der Waals surface area contributed by atoms with Gasteiger partial charge in [-0.3, -0.25) is 15.1 Å². The smallest absolute Gasteiger partial charge is 0.293 e. The molecule has 0 bridgehead atoms. The summed E-state index contributed by atoms with van der Waals surface area (Å²) in [6.45, 7) is 2.79. The Morgan fingerprint density at radius 1 is 1.29 bits per heavy atom. The van der Waals surface area contributed by atoms with Crippen LogP contribution < -0.4 is 5.32 Å². The molecule has 3 unspecified atom stereocenters. The Morgan fingerprint density at radius 3 is 2.83 bits per heavy atom. The number of nitro groups is 1. The molecule has 1 aliphatic rings. The molecule has 0 spiro atoms. The van der Waals surface area contributed by atoms with E-state index in [2.05, 4.69) is 22.4 Å². The first-order valence-electron chi connectivity index (χ1n) is 8.14. The molecule has 1 aliphatic heterocycles. The minimum Gasteiger partial charge on any atom is -0.370 e. The van der Waals surface area contributed by atoms with Crippen LogP contribution in [0.3, 0.4) is 0 Å². The molecule has 1 fully saturated rings. The van der Waals surface area contributed by atoms with Crippen LogP contribution in [0.15, 0.2) is 48.8 Å². The van der Waals surface area contributed by atoms with Crippen molar-refractivity contribution in [3.8, 4) is 0 Å². The number of rotatable bonds is 5. The SMILES string of the molecule is CC1CC(NCc2ccccc2)CC(c2ccncc2[N+](=O)[O-])O1. The molecule has 1 saturated heterocycles. The van der Waals surface area contributed by atoms with Gasteiger partial charge in [-0.25, -0.2) is 0 Å². The van der Waals surface area contributed by atoms with Crippen molar-refractivity contribution in [1.82, 2.24) is 10.3 Å². The molecule has 126 valence electrons. The molecule has 1 aromatic carbocycles. The van der Waals surface area contributed by atoms with Crippen LogP contribution in [-0.2, 0) is 11.3 Å². The van der Waals surface area contributed by atoms with Crippen molar-refractivity contribution in [3.63, 3.8) is 0 Å². The molecule has 1 aromatic heterocycles. The first-order chi connectivity index (χ1) is 11.6. The van der Waals surface area contributed by atoms with Crippen LogP contribution in [0.4, 0.5) is 5.69 Å². The molecule has 3 atom stereocenters. The average Bonchev–Trinajstić information content (AvgIpc) is 2.60. The third-order valence-electron chi connectivity index (χ3n) is 4.33. The van der Waals surface area contributed by atoms with Crippen LogP contribution in [0.1, 0.15) is 37.0 Å². The van der Waals surface area contributed by atoms with E-state index in [1.165, 1.54) is 11.8 Å². The van der Waals surface area contributed by atoms with Gasteiger partial charge in [-0.2, -0.15) is 0 Å². The fraction of sp³-hybridized carbons (Fsp3) is 0.389. The Hall–Kier alpha value is -2.31. The van der Waals surface area contributed by atoms with Gasteiger partial charge in [-0.15, -0.1) is 0 Å². The van der Waals surface area contributed by atoms with Gasteiger partial charge >= 0.3 is 0 Å². The zero-order chi connectivity index (χ0) is 16.9. The van der Waals surface area contributed by atoms with Gasteiger partial charge in [0.05, 0.1) is 22.7 Å². The summed E-state index contributed by atoms with van der Waals surface area (Å²) >= 11 is 0. The zero-order valence-electron chi connectivity index (χ0n) is 13.6. The number of aromatic nitrogens is 1. The number of ether oxygens (including phenoxy) is 1. The van der Waals surface area contributed by atoms with Crippen LogP contribution in [-0.4, -0.2) is 22.1 Å². The van der Waals surface area contributed by atoms with E-state index in [4.69, 9.17) is 4.74 Å². The molecule has 6 heteroatoms. The summed E-state index contributed by atoms with van der Waals surface area (Å²) in [7, 11) is 0. The molecular formula is C18H21N3O3. The van der Waals surface area contributed by atoms with Crippen molar-refractivity contribution in [2.45, 2.75) is 44.6 Å². The lowest BCUT2D eigenvalue weighted by molar-refractivity contribution is -0.386. The van der Waals surface area contributed by atoms with E-state index < -0.39 is 4.92 Å². The van der Waals surface area contributed by atoms with E-state index in [-0.39, 0.29) is 23.9 Å². The Balaban J connectivity index is 1.71. The van der Waals surface area contributed by atoms with Gasteiger partial charge in [-0.05, 0) is 31.4 Å². The molecule has 0 amide bonds. The summed E-state index contributed by atoms with van der Waals surface area (Å²) < 4.78 is 5.97. The summed E-state index contributed by atoms with van der Waals surface area (Å²) in [5.74, 6) is 0. The molecule has 1 N–H and O–H groups in total. The minimum absolute atomic E-state index is 0.0263. The van der Waals surface area contributed by atoms with Gasteiger partial charge in [-0.1, -0.05) is 30.3 Å². The Labute approximate surface area is 141 Å². The monoisotopic (exact) mass is 327 g/mol. The highest BCUT2D eigenvalue weighted by molar-refractivity contribution is 5.38. The van der Waals surface area contributed by atoms with Gasteiger partial charge in [0.2, 0.25) is 0 Å². The molecule has 6 nitrogen and oxygen atoms in total. The first kappa shape index (κ1) is 16.5. The fourth-order valence-electron chi connectivity index (χ4n) is 3.19. The second kappa shape index (κ2) is 7.51. The van der Waals surface area contributed by atoms with Crippen LogP contribution in [0.5, 0.6) is 0 Å². The molecule has 0 saturated carbocycles. The third kappa shape index (κ3) is 3.96. The maximum absolute atomic E-state index is 11.2. The normalized spacial score (nSPS) is 23.8. The number of hydrogen-bond donors (Lipinski definition) is 1. The number of nitrogens with one attached hydrogen (secondary N) is 1. The summed E-state index contributed by atoms with van der Waals surface area (Å²) in [6, 6.07) is 12.2. The van der Waals surface area contributed by atoms with Crippen molar-refractivity contribution >= 4 is 5.69 Å². The average molecular weight is 327 g/mol. The topological polar surface area (TPSA) is 77.3 Å². The molecule has 0 radical (unpaired) electrons. The van der Waals surface area contributed by atoms with Crippen LogP contribution >= 0.6 is 0 Å². The van der Waals surface area contributed by atoms with Crippen LogP contribution in [0.25, 0.3) is 0 Å². The lowest BCUT2D eigenvalue weighted by Gasteiger charge is -2.34. The Morgan fingerprint density at radius 2 is 2.08 bits per heavy atom. The van der Waals surface area contributed by atoms with E-state index in [9.17, 15) is 10.1 Å². The van der Waals surface area contributed by atoms with Crippen molar-refractivity contribution in [2.24, 2.45) is 0 Å². The van der Waals surface area contributed by atoms with E-state index in [0.717, 1.165) is 13.0 Å². The van der Waals surface area contributed by atoms with E-state index in [0.29, 0.717) is 12.0 Å². The molecule has 2 aromatic rings. The maximum atomic E-state index is 11.2. The second-order valence-corrected chi connectivity index (χ2v) is 6.16. The summed E-state index contributed by atoms with van der Waals surface area (Å²) in [4.78, 5) is 14.7. The molecule has 2 heterocycles. The fourth-order valence-corrected chi connectivity index (χ4v) is 3.19. The largest absolute Gasteiger partial charge is 0.370 e. The standard InChI is InChI=1S/C18H21N3O3/c1-13-9-15(20-11-14-5-3-2-4-6-14)10-18(24-13)16-7-8-19-12-17(16)21(22)23/h2-8,12-13,15,18,20H,9-11H2,1H3. The van der Waals surface area contributed by atoms with E-state index in [1.54, 1.807) is 12.3 Å². The highest BCUT2D eigenvalue weighted by Crippen LogP contribution is 2.35. The van der Waals surface area contributed by atoms with Crippen molar-refractivity contribution in [3.05, 3.63) is 70.0 Å². The van der Waals surface area contributed by atoms with Crippen molar-refractivity contribution in [1.29, 1.82) is 0 Å².